The molecule has 0 saturated carbocycles. The molecule has 0 atom stereocenters. The summed E-state index contributed by atoms with van der Waals surface area (Å²) in [7, 11) is 0. The minimum absolute atomic E-state index is 0.0735. The average Bonchev–Trinajstić information content (AvgIpc) is 2.99. The third kappa shape index (κ3) is 9.29. The van der Waals surface area contributed by atoms with Crippen molar-refractivity contribution in [1.29, 1.82) is 0 Å². The van der Waals surface area contributed by atoms with Gasteiger partial charge in [-0.05, 0) is 85.6 Å². The third-order valence-corrected chi connectivity index (χ3v) is 6.66. The van der Waals surface area contributed by atoms with E-state index in [1.807, 2.05) is 73.3 Å². The minimum atomic E-state index is 0.0735. The molecule has 0 aliphatic heterocycles. The molecule has 0 spiro atoms. The van der Waals surface area contributed by atoms with Crippen molar-refractivity contribution in [1.82, 2.24) is 29.7 Å². The van der Waals surface area contributed by atoms with Crippen LogP contribution in [0.15, 0.2) is 116 Å². The molecule has 0 aliphatic carbocycles. The van der Waals surface area contributed by atoms with Gasteiger partial charge in [-0.15, -0.1) is 0 Å². The van der Waals surface area contributed by atoms with Crippen LogP contribution in [0.1, 0.15) is 47.8 Å². The molecule has 42 heavy (non-hydrogen) atoms. The standard InChI is InChI=1S/C35H38N6O/c1-28(2)42-35-20-29(22-40(24-31-11-3-7-15-36-31)25-32-12-4-8-16-37-32)19-30(21-35)23-41(26-33-13-5-9-17-38-33)27-34-14-6-10-18-39-34/h3-21,28H,22-27H2,1-2H3. The number of ether oxygens (including phenoxy) is 1. The van der Waals surface area contributed by atoms with Gasteiger partial charge in [0, 0.05) is 64.1 Å². The molecule has 0 amide bonds. The van der Waals surface area contributed by atoms with Crippen LogP contribution in [0.4, 0.5) is 0 Å². The van der Waals surface area contributed by atoms with Crippen LogP contribution in [0.2, 0.25) is 0 Å². The zero-order valence-corrected chi connectivity index (χ0v) is 24.4. The van der Waals surface area contributed by atoms with Gasteiger partial charge in [0.2, 0.25) is 0 Å². The zero-order valence-electron chi connectivity index (χ0n) is 24.4. The summed E-state index contributed by atoms with van der Waals surface area (Å²) < 4.78 is 6.25. The molecule has 0 radical (unpaired) electrons. The normalized spacial score (nSPS) is 11.4. The van der Waals surface area contributed by atoms with Gasteiger partial charge in [0.25, 0.3) is 0 Å². The van der Waals surface area contributed by atoms with Crippen LogP contribution >= 0.6 is 0 Å². The summed E-state index contributed by atoms with van der Waals surface area (Å²) in [5.74, 6) is 0.878. The van der Waals surface area contributed by atoms with Gasteiger partial charge < -0.3 is 4.74 Å². The molecule has 0 N–H and O–H groups in total. The summed E-state index contributed by atoms with van der Waals surface area (Å²) in [4.78, 5) is 23.1. The Bertz CT molecular complexity index is 1290. The highest BCUT2D eigenvalue weighted by Crippen LogP contribution is 2.23. The van der Waals surface area contributed by atoms with E-state index < -0.39 is 0 Å². The van der Waals surface area contributed by atoms with Crippen LogP contribution in [-0.2, 0) is 39.3 Å². The first-order chi connectivity index (χ1) is 20.6. The lowest BCUT2D eigenvalue weighted by atomic mass is 10.1. The lowest BCUT2D eigenvalue weighted by Crippen LogP contribution is -2.25. The van der Waals surface area contributed by atoms with E-state index in [2.05, 4.69) is 86.0 Å². The molecule has 0 unspecified atom stereocenters. The first-order valence-corrected chi connectivity index (χ1v) is 14.4. The van der Waals surface area contributed by atoms with E-state index >= 15 is 0 Å². The molecule has 0 saturated heterocycles. The number of hydrogen-bond acceptors (Lipinski definition) is 7. The van der Waals surface area contributed by atoms with Crippen LogP contribution in [0.3, 0.4) is 0 Å². The molecule has 1 aromatic carbocycles. The molecular weight excluding hydrogens is 520 g/mol. The lowest BCUT2D eigenvalue weighted by Gasteiger charge is -2.25. The van der Waals surface area contributed by atoms with Gasteiger partial charge in [-0.1, -0.05) is 30.3 Å². The highest BCUT2D eigenvalue weighted by Gasteiger charge is 2.15. The first kappa shape index (κ1) is 29.0. The predicted molar refractivity (Wildman–Crippen MR) is 165 cm³/mol. The highest BCUT2D eigenvalue weighted by atomic mass is 16.5. The van der Waals surface area contributed by atoms with Crippen LogP contribution in [-0.4, -0.2) is 35.8 Å². The molecule has 7 heteroatoms. The van der Waals surface area contributed by atoms with Gasteiger partial charge in [-0.2, -0.15) is 0 Å². The number of benzene rings is 1. The van der Waals surface area contributed by atoms with Gasteiger partial charge >= 0.3 is 0 Å². The summed E-state index contributed by atoms with van der Waals surface area (Å²) in [6.07, 6.45) is 7.47. The molecule has 0 fully saturated rings. The largest absolute Gasteiger partial charge is 0.491 e. The van der Waals surface area contributed by atoms with Gasteiger partial charge in [0.05, 0.1) is 28.9 Å². The second-order valence-corrected chi connectivity index (χ2v) is 10.7. The Kier molecular flexibility index (Phi) is 10.3. The Labute approximate surface area is 248 Å². The quantitative estimate of drug-likeness (QED) is 0.155. The average molecular weight is 559 g/mol. The van der Waals surface area contributed by atoms with Crippen LogP contribution in [0.5, 0.6) is 5.75 Å². The van der Waals surface area contributed by atoms with Crippen molar-refractivity contribution >= 4 is 0 Å². The van der Waals surface area contributed by atoms with E-state index in [9.17, 15) is 0 Å². The topological polar surface area (TPSA) is 67.3 Å². The first-order valence-electron chi connectivity index (χ1n) is 14.4. The maximum Gasteiger partial charge on any atom is 0.120 e. The molecule has 0 bridgehead atoms. The van der Waals surface area contributed by atoms with Crippen LogP contribution < -0.4 is 4.74 Å². The molecule has 0 aliphatic rings. The van der Waals surface area contributed by atoms with Crippen LogP contribution in [0, 0.1) is 0 Å². The number of rotatable bonds is 14. The Morgan fingerprint density at radius 3 is 1.14 bits per heavy atom. The van der Waals surface area contributed by atoms with Crippen molar-refractivity contribution in [2.75, 3.05) is 0 Å². The van der Waals surface area contributed by atoms with E-state index in [0.717, 1.165) is 41.6 Å². The Balaban J connectivity index is 1.42. The maximum absolute atomic E-state index is 6.25. The smallest absolute Gasteiger partial charge is 0.120 e. The molecule has 214 valence electrons. The molecule has 4 heterocycles. The maximum atomic E-state index is 6.25. The fourth-order valence-corrected chi connectivity index (χ4v) is 4.99. The zero-order chi connectivity index (χ0) is 29.0. The van der Waals surface area contributed by atoms with E-state index in [1.165, 1.54) is 11.1 Å². The number of pyridine rings is 4. The van der Waals surface area contributed by atoms with Crippen molar-refractivity contribution in [3.8, 4) is 5.75 Å². The fourth-order valence-electron chi connectivity index (χ4n) is 4.99. The second kappa shape index (κ2) is 15.0. The second-order valence-electron chi connectivity index (χ2n) is 10.7. The summed E-state index contributed by atoms with van der Waals surface area (Å²) in [5.41, 5.74) is 6.48. The molecule has 5 rings (SSSR count). The van der Waals surface area contributed by atoms with Crippen molar-refractivity contribution in [3.63, 3.8) is 0 Å². The predicted octanol–water partition coefficient (Wildman–Crippen LogP) is 6.46. The summed E-state index contributed by atoms with van der Waals surface area (Å²) in [5, 5.41) is 0. The van der Waals surface area contributed by atoms with E-state index in [-0.39, 0.29) is 6.10 Å². The molecular formula is C35H38N6O. The summed E-state index contributed by atoms with van der Waals surface area (Å²) in [6, 6.07) is 30.9. The monoisotopic (exact) mass is 558 g/mol. The highest BCUT2D eigenvalue weighted by molar-refractivity contribution is 5.35. The van der Waals surface area contributed by atoms with Gasteiger partial charge in [-0.25, -0.2) is 0 Å². The number of nitrogens with zero attached hydrogens (tertiary/aromatic N) is 6. The molecule has 4 aromatic heterocycles. The Morgan fingerprint density at radius 1 is 0.500 bits per heavy atom. The molecule has 5 aromatic rings. The van der Waals surface area contributed by atoms with Gasteiger partial charge in [-0.3, -0.25) is 29.7 Å². The Morgan fingerprint density at radius 2 is 0.857 bits per heavy atom. The van der Waals surface area contributed by atoms with Crippen molar-refractivity contribution in [2.45, 2.75) is 59.2 Å². The fraction of sp³-hybridized carbons (Fsp3) is 0.257. The van der Waals surface area contributed by atoms with Crippen LogP contribution in [0.25, 0.3) is 0 Å². The van der Waals surface area contributed by atoms with E-state index in [0.29, 0.717) is 26.2 Å². The van der Waals surface area contributed by atoms with Gasteiger partial charge in [0.15, 0.2) is 0 Å². The SMILES string of the molecule is CC(C)Oc1cc(CN(Cc2ccccn2)Cc2ccccn2)cc(CN(Cc2ccccn2)Cc2ccccn2)c1. The molecule has 7 nitrogen and oxygen atoms in total. The van der Waals surface area contributed by atoms with Gasteiger partial charge in [0.1, 0.15) is 5.75 Å². The van der Waals surface area contributed by atoms with E-state index in [4.69, 9.17) is 4.74 Å². The minimum Gasteiger partial charge on any atom is -0.491 e. The lowest BCUT2D eigenvalue weighted by molar-refractivity contribution is 0.229. The van der Waals surface area contributed by atoms with E-state index in [1.54, 1.807) is 0 Å². The summed E-state index contributed by atoms with van der Waals surface area (Å²) >= 11 is 0. The number of hydrogen-bond donors (Lipinski definition) is 0. The van der Waals surface area contributed by atoms with Crippen molar-refractivity contribution in [3.05, 3.63) is 150 Å². The van der Waals surface area contributed by atoms with Crippen molar-refractivity contribution < 1.29 is 4.74 Å². The summed E-state index contributed by atoms with van der Waals surface area (Å²) in [6.45, 7) is 8.46. The number of aromatic nitrogens is 4. The Hall–Kier alpha value is -4.46. The van der Waals surface area contributed by atoms with Crippen molar-refractivity contribution in [2.24, 2.45) is 0 Å². The third-order valence-electron chi connectivity index (χ3n) is 6.66.